The third-order valence-electron chi connectivity index (χ3n) is 10.0. The lowest BCUT2D eigenvalue weighted by atomic mass is 9.92. The van der Waals surface area contributed by atoms with Crippen molar-refractivity contribution in [2.45, 2.75) is 0 Å². The van der Waals surface area contributed by atoms with Crippen molar-refractivity contribution in [3.05, 3.63) is 188 Å². The van der Waals surface area contributed by atoms with E-state index in [9.17, 15) is 0 Å². The second-order valence-electron chi connectivity index (χ2n) is 12.9. The van der Waals surface area contributed by atoms with Crippen molar-refractivity contribution in [2.75, 3.05) is 4.90 Å². The first kappa shape index (κ1) is 28.8. The van der Waals surface area contributed by atoms with Crippen LogP contribution in [0.4, 0.5) is 17.1 Å². The second-order valence-corrected chi connectivity index (χ2v) is 14.0. The molecule has 0 spiro atoms. The Labute approximate surface area is 294 Å². The Balaban J connectivity index is 1.20. The second kappa shape index (κ2) is 11.7. The average molecular weight is 654 g/mol. The maximum absolute atomic E-state index is 2.44. The van der Waals surface area contributed by atoms with Gasteiger partial charge in [-0.3, -0.25) is 0 Å². The van der Waals surface area contributed by atoms with Crippen LogP contribution in [0.1, 0.15) is 0 Å². The molecule has 50 heavy (non-hydrogen) atoms. The van der Waals surface area contributed by atoms with Gasteiger partial charge >= 0.3 is 0 Å². The van der Waals surface area contributed by atoms with Crippen LogP contribution in [0.5, 0.6) is 0 Å². The summed E-state index contributed by atoms with van der Waals surface area (Å²) in [5.41, 5.74) is 8.25. The number of nitrogens with zero attached hydrogens (tertiary/aromatic N) is 1. The molecule has 9 aromatic carbocycles. The fourth-order valence-corrected chi connectivity index (χ4v) is 8.79. The number of hydrogen-bond acceptors (Lipinski definition) is 2. The molecular weight excluding hydrogens is 623 g/mol. The number of benzene rings is 9. The number of hydrogen-bond donors (Lipinski definition) is 0. The molecule has 0 saturated carbocycles. The molecule has 0 amide bonds. The van der Waals surface area contributed by atoms with Gasteiger partial charge in [0.25, 0.3) is 0 Å². The maximum Gasteiger partial charge on any atom is 0.0540 e. The molecule has 2 heteroatoms. The standard InChI is InChI=1S/C48H31NS/c1-2-12-32(13-3-1)33-22-24-37(25-23-33)49(38-26-27-43-45-28-34-14-4-5-15-35(34)30-47(45)50-48(43)31-38)46-21-11-10-20-42(46)44-29-36-16-6-7-17-39(36)40-18-8-9-19-41(40)44/h1-31H. The molecule has 1 heterocycles. The van der Waals surface area contributed by atoms with Crippen molar-refractivity contribution in [3.8, 4) is 22.3 Å². The summed E-state index contributed by atoms with van der Waals surface area (Å²) in [6.45, 7) is 0. The van der Waals surface area contributed by atoms with Crippen LogP contribution in [-0.2, 0) is 0 Å². The minimum Gasteiger partial charge on any atom is -0.310 e. The van der Waals surface area contributed by atoms with Crippen molar-refractivity contribution in [2.24, 2.45) is 0 Å². The topological polar surface area (TPSA) is 3.24 Å². The summed E-state index contributed by atoms with van der Waals surface area (Å²) >= 11 is 1.88. The van der Waals surface area contributed by atoms with Gasteiger partial charge in [-0.25, -0.2) is 0 Å². The highest BCUT2D eigenvalue weighted by molar-refractivity contribution is 7.25. The molecule has 0 atom stereocenters. The van der Waals surface area contributed by atoms with Gasteiger partial charge in [-0.2, -0.15) is 0 Å². The zero-order valence-corrected chi connectivity index (χ0v) is 28.1. The van der Waals surface area contributed by atoms with Crippen molar-refractivity contribution in [3.63, 3.8) is 0 Å². The van der Waals surface area contributed by atoms with Gasteiger partial charge in [-0.1, -0.05) is 140 Å². The van der Waals surface area contributed by atoms with E-state index >= 15 is 0 Å². The Morgan fingerprint density at radius 3 is 1.74 bits per heavy atom. The predicted molar refractivity (Wildman–Crippen MR) is 217 cm³/mol. The van der Waals surface area contributed by atoms with Crippen molar-refractivity contribution in [1.29, 1.82) is 0 Å². The molecule has 1 nitrogen and oxygen atoms in total. The smallest absolute Gasteiger partial charge is 0.0540 e. The van der Waals surface area contributed by atoms with Crippen LogP contribution in [0.25, 0.3) is 74.7 Å². The quantitative estimate of drug-likeness (QED) is 0.167. The van der Waals surface area contributed by atoms with Gasteiger partial charge < -0.3 is 4.90 Å². The lowest BCUT2D eigenvalue weighted by Crippen LogP contribution is -2.11. The highest BCUT2D eigenvalue weighted by atomic mass is 32.1. The number of fused-ring (bicyclic) bond motifs is 7. The van der Waals surface area contributed by atoms with Crippen molar-refractivity contribution >= 4 is 80.9 Å². The first-order valence-electron chi connectivity index (χ1n) is 17.1. The molecule has 0 radical (unpaired) electrons. The Kier molecular flexibility index (Phi) is 6.75. The van der Waals surface area contributed by atoms with Gasteiger partial charge in [0.15, 0.2) is 0 Å². The summed E-state index contributed by atoms with van der Waals surface area (Å²) in [6.07, 6.45) is 0. The molecule has 0 aliphatic heterocycles. The number of rotatable bonds is 5. The van der Waals surface area contributed by atoms with E-state index in [-0.39, 0.29) is 0 Å². The third kappa shape index (κ3) is 4.76. The first-order chi connectivity index (χ1) is 24.8. The average Bonchev–Trinajstić information content (AvgIpc) is 3.54. The molecular formula is C48H31NS. The van der Waals surface area contributed by atoms with Crippen LogP contribution < -0.4 is 4.90 Å². The third-order valence-corrected chi connectivity index (χ3v) is 11.1. The van der Waals surface area contributed by atoms with Crippen molar-refractivity contribution in [1.82, 2.24) is 0 Å². The lowest BCUT2D eigenvalue weighted by Gasteiger charge is -2.28. The van der Waals surface area contributed by atoms with E-state index < -0.39 is 0 Å². The summed E-state index contributed by atoms with van der Waals surface area (Å²) in [6, 6.07) is 68.8. The number of anilines is 3. The fourth-order valence-electron chi connectivity index (χ4n) is 7.62. The molecule has 0 N–H and O–H groups in total. The SMILES string of the molecule is c1ccc(-c2ccc(N(c3ccc4c(c3)sc3cc5ccccc5cc34)c3ccccc3-c3cc4ccccc4c4ccccc34)cc2)cc1. The van der Waals surface area contributed by atoms with Gasteiger partial charge in [-0.15, -0.1) is 11.3 Å². The highest BCUT2D eigenvalue weighted by Crippen LogP contribution is 2.46. The minimum atomic E-state index is 1.12. The Bertz CT molecular complexity index is 2870. The highest BCUT2D eigenvalue weighted by Gasteiger charge is 2.20. The molecule has 10 rings (SSSR count). The first-order valence-corrected chi connectivity index (χ1v) is 17.9. The van der Waals surface area contributed by atoms with Gasteiger partial charge in [0.2, 0.25) is 0 Å². The van der Waals surface area contributed by atoms with Crippen LogP contribution >= 0.6 is 11.3 Å². The van der Waals surface area contributed by atoms with Gasteiger partial charge in [-0.05, 0) is 97.5 Å². The van der Waals surface area contributed by atoms with Gasteiger partial charge in [0, 0.05) is 37.1 Å². The molecule has 10 aromatic rings. The monoisotopic (exact) mass is 653 g/mol. The van der Waals surface area contributed by atoms with Crippen LogP contribution in [0, 0.1) is 0 Å². The Hall–Kier alpha value is -6.22. The fraction of sp³-hybridized carbons (Fsp3) is 0. The molecule has 0 bridgehead atoms. The molecule has 0 aliphatic carbocycles. The van der Waals surface area contributed by atoms with Crippen LogP contribution in [0.2, 0.25) is 0 Å². The summed E-state index contributed by atoms with van der Waals surface area (Å²) < 4.78 is 2.60. The minimum absolute atomic E-state index is 1.12. The summed E-state index contributed by atoms with van der Waals surface area (Å²) in [5, 5.41) is 10.2. The zero-order valence-electron chi connectivity index (χ0n) is 27.3. The van der Waals surface area contributed by atoms with Crippen LogP contribution in [0.15, 0.2) is 188 Å². The molecule has 0 fully saturated rings. The van der Waals surface area contributed by atoms with E-state index in [1.54, 1.807) is 0 Å². The van der Waals surface area contributed by atoms with Gasteiger partial charge in [0.1, 0.15) is 0 Å². The molecule has 0 aliphatic rings. The van der Waals surface area contributed by atoms with Crippen molar-refractivity contribution < 1.29 is 0 Å². The molecule has 234 valence electrons. The van der Waals surface area contributed by atoms with E-state index in [2.05, 4.69) is 193 Å². The summed E-state index contributed by atoms with van der Waals surface area (Å²) in [7, 11) is 0. The molecule has 1 aromatic heterocycles. The maximum atomic E-state index is 2.44. The summed E-state index contributed by atoms with van der Waals surface area (Å²) in [4.78, 5) is 2.44. The van der Waals surface area contributed by atoms with Crippen LogP contribution in [-0.4, -0.2) is 0 Å². The Morgan fingerprint density at radius 2 is 0.920 bits per heavy atom. The predicted octanol–water partition coefficient (Wildman–Crippen LogP) is 14.3. The molecule has 0 unspecified atom stereocenters. The normalized spacial score (nSPS) is 11.6. The van der Waals surface area contributed by atoms with Gasteiger partial charge in [0.05, 0.1) is 5.69 Å². The number of thiophene rings is 1. The lowest BCUT2D eigenvalue weighted by molar-refractivity contribution is 1.29. The largest absolute Gasteiger partial charge is 0.310 e. The van der Waals surface area contributed by atoms with E-state index in [0.717, 1.165) is 17.1 Å². The van der Waals surface area contributed by atoms with E-state index in [0.29, 0.717) is 0 Å². The van der Waals surface area contributed by atoms with E-state index in [1.807, 2.05) is 11.3 Å². The van der Waals surface area contributed by atoms with E-state index in [4.69, 9.17) is 0 Å². The van der Waals surface area contributed by atoms with Crippen LogP contribution in [0.3, 0.4) is 0 Å². The Morgan fingerprint density at radius 1 is 0.320 bits per heavy atom. The summed E-state index contributed by atoms with van der Waals surface area (Å²) in [5.74, 6) is 0. The number of para-hydroxylation sites is 1. The molecule has 0 saturated heterocycles. The van der Waals surface area contributed by atoms with E-state index in [1.165, 1.54) is 74.7 Å². The zero-order chi connectivity index (χ0) is 33.0.